The number of piperidine rings is 1. The number of ether oxygens (including phenoxy) is 1. The summed E-state index contributed by atoms with van der Waals surface area (Å²) in [6.45, 7) is 2.58. The first-order valence-corrected chi connectivity index (χ1v) is 10.5. The average Bonchev–Trinajstić information content (AvgIpc) is 3.06. The van der Waals surface area contributed by atoms with Crippen molar-refractivity contribution in [3.8, 4) is 0 Å². The van der Waals surface area contributed by atoms with Gasteiger partial charge in [0.25, 0.3) is 0 Å². The first kappa shape index (κ1) is 21.2. The highest BCUT2D eigenvalue weighted by Gasteiger charge is 2.46. The Bertz CT molecular complexity index is 926. The lowest BCUT2D eigenvalue weighted by molar-refractivity contribution is -0.137. The third-order valence-electron chi connectivity index (χ3n) is 6.29. The average molecular weight is 435 g/mol. The molecular weight excluding hydrogens is 410 g/mol. The van der Waals surface area contributed by atoms with Crippen LogP contribution in [0.1, 0.15) is 23.5 Å². The first-order chi connectivity index (χ1) is 14.5. The molecule has 160 valence electrons. The Balaban J connectivity index is 1.61. The highest BCUT2D eigenvalue weighted by Crippen LogP contribution is 2.43. The summed E-state index contributed by atoms with van der Waals surface area (Å²) >= 11 is 6.15. The summed E-state index contributed by atoms with van der Waals surface area (Å²) in [7, 11) is 1.50. The number of amides is 1. The lowest BCUT2D eigenvalue weighted by atomic mass is 9.81. The maximum atomic E-state index is 14.7. The summed E-state index contributed by atoms with van der Waals surface area (Å²) in [4.78, 5) is 16.6. The number of halogens is 3. The molecule has 7 heteroatoms. The molecule has 2 saturated heterocycles. The van der Waals surface area contributed by atoms with Crippen LogP contribution in [-0.4, -0.2) is 55.1 Å². The van der Waals surface area contributed by atoms with E-state index >= 15 is 0 Å². The number of carbonyl (C=O) groups is 1. The number of likely N-dealkylation sites (tertiary alicyclic amines) is 2. The number of hydrogen-bond donors (Lipinski definition) is 0. The number of nitrogens with zero attached hydrogens (tertiary/aromatic N) is 2. The Morgan fingerprint density at radius 1 is 1.20 bits per heavy atom. The van der Waals surface area contributed by atoms with E-state index in [0.29, 0.717) is 36.8 Å². The predicted octanol–water partition coefficient (Wildman–Crippen LogP) is 4.08. The summed E-state index contributed by atoms with van der Waals surface area (Å²) in [5, 5.41) is 0.685. The Kier molecular flexibility index (Phi) is 6.37. The normalized spacial score (nSPS) is 24.1. The van der Waals surface area contributed by atoms with Crippen molar-refractivity contribution in [3.05, 3.63) is 70.2 Å². The van der Waals surface area contributed by atoms with E-state index in [9.17, 15) is 13.6 Å². The van der Waals surface area contributed by atoms with Crippen molar-refractivity contribution >= 4 is 17.5 Å². The van der Waals surface area contributed by atoms with Crippen LogP contribution in [0.4, 0.5) is 8.78 Å². The van der Waals surface area contributed by atoms with Gasteiger partial charge in [0.05, 0.1) is 0 Å². The van der Waals surface area contributed by atoms with E-state index in [1.165, 1.54) is 13.2 Å². The van der Waals surface area contributed by atoms with Crippen molar-refractivity contribution in [2.45, 2.75) is 24.9 Å². The molecule has 0 aliphatic carbocycles. The van der Waals surface area contributed by atoms with Crippen molar-refractivity contribution < 1.29 is 18.3 Å². The Morgan fingerprint density at radius 2 is 2.03 bits per heavy atom. The van der Waals surface area contributed by atoms with Gasteiger partial charge in [-0.1, -0.05) is 29.8 Å². The van der Waals surface area contributed by atoms with Gasteiger partial charge in [-0.05, 0) is 35.7 Å². The second kappa shape index (κ2) is 9.00. The van der Waals surface area contributed by atoms with Crippen LogP contribution in [0.25, 0.3) is 0 Å². The van der Waals surface area contributed by atoms with Crippen LogP contribution in [0.5, 0.6) is 0 Å². The molecule has 0 N–H and O–H groups in total. The Hall–Kier alpha value is -2.02. The van der Waals surface area contributed by atoms with Gasteiger partial charge >= 0.3 is 0 Å². The maximum Gasteiger partial charge on any atom is 0.248 e. The molecule has 4 nitrogen and oxygen atoms in total. The smallest absolute Gasteiger partial charge is 0.248 e. The molecule has 3 atom stereocenters. The van der Waals surface area contributed by atoms with Crippen LogP contribution in [0.3, 0.4) is 0 Å². The van der Waals surface area contributed by atoms with Crippen molar-refractivity contribution in [1.29, 1.82) is 0 Å². The highest BCUT2D eigenvalue weighted by atomic mass is 35.5. The minimum Gasteiger partial charge on any atom is -0.375 e. The van der Waals surface area contributed by atoms with Gasteiger partial charge in [0.2, 0.25) is 5.91 Å². The van der Waals surface area contributed by atoms with E-state index in [2.05, 4.69) is 4.90 Å². The summed E-state index contributed by atoms with van der Waals surface area (Å²) in [6, 6.07) is 11.8. The van der Waals surface area contributed by atoms with E-state index < -0.39 is 11.6 Å². The third-order valence-corrected chi connectivity index (χ3v) is 6.53. The van der Waals surface area contributed by atoms with Gasteiger partial charge in [-0.3, -0.25) is 9.69 Å². The number of benzene rings is 2. The van der Waals surface area contributed by atoms with E-state index in [1.807, 2.05) is 29.2 Å². The molecule has 0 aromatic heterocycles. The topological polar surface area (TPSA) is 32.8 Å². The zero-order chi connectivity index (χ0) is 21.3. The summed E-state index contributed by atoms with van der Waals surface area (Å²) in [5.41, 5.74) is 1.61. The predicted molar refractivity (Wildman–Crippen MR) is 111 cm³/mol. The van der Waals surface area contributed by atoms with Crippen molar-refractivity contribution in [2.75, 3.05) is 33.4 Å². The molecule has 0 spiro atoms. The molecule has 2 heterocycles. The lowest BCUT2D eigenvalue weighted by Gasteiger charge is -2.39. The quantitative estimate of drug-likeness (QED) is 0.710. The lowest BCUT2D eigenvalue weighted by Crippen LogP contribution is -2.49. The highest BCUT2D eigenvalue weighted by molar-refractivity contribution is 6.30. The van der Waals surface area contributed by atoms with E-state index in [0.717, 1.165) is 18.1 Å². The Labute approximate surface area is 180 Å². The van der Waals surface area contributed by atoms with E-state index in [4.69, 9.17) is 16.3 Å². The molecular formula is C23H25ClF2N2O2. The third kappa shape index (κ3) is 4.36. The van der Waals surface area contributed by atoms with Gasteiger partial charge in [0.15, 0.2) is 0 Å². The molecule has 30 heavy (non-hydrogen) atoms. The van der Waals surface area contributed by atoms with Gasteiger partial charge < -0.3 is 9.64 Å². The number of fused-ring (bicyclic) bond motifs is 1. The van der Waals surface area contributed by atoms with Gasteiger partial charge in [0, 0.05) is 62.3 Å². The fourth-order valence-electron chi connectivity index (χ4n) is 4.97. The van der Waals surface area contributed by atoms with Crippen LogP contribution in [0.2, 0.25) is 5.02 Å². The molecule has 0 bridgehead atoms. The minimum absolute atomic E-state index is 0.0409. The SMILES string of the molecule is COCC(=O)N1CC[C@@H]2[C@H](C1)[C@@H](c1ccc(F)cc1F)CN2Cc1cccc(Cl)c1. The molecule has 0 unspecified atom stereocenters. The van der Waals surface area contributed by atoms with Crippen LogP contribution in [0, 0.1) is 17.6 Å². The summed E-state index contributed by atoms with van der Waals surface area (Å²) < 4.78 is 33.2. The maximum absolute atomic E-state index is 14.7. The fraction of sp³-hybridized carbons (Fsp3) is 0.435. The van der Waals surface area contributed by atoms with Gasteiger partial charge in [-0.2, -0.15) is 0 Å². The monoisotopic (exact) mass is 434 g/mol. The Morgan fingerprint density at radius 3 is 2.77 bits per heavy atom. The van der Waals surface area contributed by atoms with Crippen LogP contribution in [0.15, 0.2) is 42.5 Å². The standard InChI is InChI=1S/C23H25ClF2N2O2/c1-30-14-23(29)27-8-7-22-20(13-27)19(18-6-5-17(25)10-21(18)26)12-28(22)11-15-3-2-4-16(24)9-15/h2-6,9-10,19-20,22H,7-8,11-14H2,1H3/t19-,20-,22-/m1/s1. The van der Waals surface area contributed by atoms with E-state index in [-0.39, 0.29) is 30.4 Å². The van der Waals surface area contributed by atoms with Crippen molar-refractivity contribution in [2.24, 2.45) is 5.92 Å². The zero-order valence-corrected chi connectivity index (χ0v) is 17.6. The largest absolute Gasteiger partial charge is 0.375 e. The van der Waals surface area contributed by atoms with Gasteiger partial charge in [-0.15, -0.1) is 0 Å². The molecule has 2 aliphatic heterocycles. The second-order valence-electron chi connectivity index (χ2n) is 8.12. The molecule has 4 rings (SSSR count). The number of hydrogen-bond acceptors (Lipinski definition) is 3. The number of carbonyl (C=O) groups excluding carboxylic acids is 1. The van der Waals surface area contributed by atoms with E-state index in [1.54, 1.807) is 6.07 Å². The molecule has 2 aliphatic rings. The molecule has 2 aromatic rings. The zero-order valence-electron chi connectivity index (χ0n) is 16.9. The number of rotatable bonds is 5. The summed E-state index contributed by atoms with van der Waals surface area (Å²) in [5.74, 6) is -1.21. The van der Waals surface area contributed by atoms with Gasteiger partial charge in [0.1, 0.15) is 18.2 Å². The second-order valence-corrected chi connectivity index (χ2v) is 8.56. The first-order valence-electron chi connectivity index (χ1n) is 10.2. The van der Waals surface area contributed by atoms with Crippen LogP contribution >= 0.6 is 11.6 Å². The van der Waals surface area contributed by atoms with Crippen molar-refractivity contribution in [1.82, 2.24) is 9.80 Å². The van der Waals surface area contributed by atoms with Crippen LogP contribution in [-0.2, 0) is 16.1 Å². The molecule has 0 radical (unpaired) electrons. The van der Waals surface area contributed by atoms with Crippen molar-refractivity contribution in [3.63, 3.8) is 0 Å². The fourth-order valence-corrected chi connectivity index (χ4v) is 5.18. The minimum atomic E-state index is -0.581. The summed E-state index contributed by atoms with van der Waals surface area (Å²) in [6.07, 6.45) is 0.806. The molecule has 2 aromatic carbocycles. The molecule has 0 saturated carbocycles. The molecule has 2 fully saturated rings. The van der Waals surface area contributed by atoms with Gasteiger partial charge in [-0.25, -0.2) is 8.78 Å². The van der Waals surface area contributed by atoms with Crippen LogP contribution < -0.4 is 0 Å². The number of methoxy groups -OCH3 is 1. The molecule has 1 amide bonds.